The Balaban J connectivity index is 1.76. The van der Waals surface area contributed by atoms with E-state index in [9.17, 15) is 9.59 Å². The average molecular weight is 535 g/mol. The van der Waals surface area contributed by atoms with Crippen molar-refractivity contribution in [3.63, 3.8) is 0 Å². The molecule has 0 spiro atoms. The van der Waals surface area contributed by atoms with Gasteiger partial charge in [-0.25, -0.2) is 9.59 Å². The van der Waals surface area contributed by atoms with Crippen molar-refractivity contribution in [1.82, 2.24) is 0 Å². The first kappa shape index (κ1) is 32.6. The number of rotatable bonds is 18. The zero-order chi connectivity index (χ0) is 27.8. The third kappa shape index (κ3) is 12.0. The highest BCUT2D eigenvalue weighted by Gasteiger charge is 2.31. The quantitative estimate of drug-likeness (QED) is 0.118. The molecule has 2 rings (SSSR count). The minimum Gasteiger partial charge on any atom is -0.462 e. The lowest BCUT2D eigenvalue weighted by atomic mass is 9.68. The zero-order valence-electron chi connectivity index (χ0n) is 24.2. The van der Waals surface area contributed by atoms with E-state index < -0.39 is 11.9 Å². The molecule has 1 N–H and O–H groups in total. The van der Waals surface area contributed by atoms with Gasteiger partial charge in [0, 0.05) is 31.6 Å². The van der Waals surface area contributed by atoms with Gasteiger partial charge in [-0.15, -0.1) is 0 Å². The van der Waals surface area contributed by atoms with Gasteiger partial charge < -0.3 is 19.3 Å². The first-order valence-electron chi connectivity index (χ1n) is 15.2. The van der Waals surface area contributed by atoms with E-state index in [1.54, 1.807) is 0 Å². The smallest absolute Gasteiger partial charge is 0.335 e. The molecule has 0 saturated heterocycles. The number of carbonyl (C=O) groups excluding carboxylic acids is 2. The monoisotopic (exact) mass is 534 g/mol. The Morgan fingerprint density at radius 3 is 1.84 bits per heavy atom. The van der Waals surface area contributed by atoms with Crippen LogP contribution in [0.25, 0.3) is 0 Å². The van der Waals surface area contributed by atoms with Crippen molar-refractivity contribution in [1.29, 1.82) is 0 Å². The van der Waals surface area contributed by atoms with Crippen LogP contribution in [0.1, 0.15) is 103 Å². The van der Waals surface area contributed by atoms with Crippen LogP contribution in [-0.2, 0) is 23.8 Å². The van der Waals surface area contributed by atoms with Gasteiger partial charge in [-0.1, -0.05) is 71.4 Å². The lowest BCUT2D eigenvalue weighted by Gasteiger charge is -2.38. The van der Waals surface area contributed by atoms with Crippen molar-refractivity contribution < 1.29 is 28.9 Å². The molecule has 1 unspecified atom stereocenters. The molecule has 0 aromatic carbocycles. The van der Waals surface area contributed by atoms with Crippen LogP contribution in [0.2, 0.25) is 0 Å². The molecule has 2 aliphatic rings. The van der Waals surface area contributed by atoms with Crippen LogP contribution in [0.15, 0.2) is 24.3 Å². The highest BCUT2D eigenvalue weighted by atomic mass is 16.5. The van der Waals surface area contributed by atoms with Gasteiger partial charge in [-0.05, 0) is 62.2 Å². The Labute approximate surface area is 231 Å². The highest BCUT2D eigenvalue weighted by Crippen LogP contribution is 2.43. The Morgan fingerprint density at radius 2 is 1.34 bits per heavy atom. The van der Waals surface area contributed by atoms with Gasteiger partial charge in [0.25, 0.3) is 0 Å². The highest BCUT2D eigenvalue weighted by molar-refractivity contribution is 5.88. The third-order valence-electron chi connectivity index (χ3n) is 8.86. The molecule has 0 aromatic rings. The predicted octanol–water partition coefficient (Wildman–Crippen LogP) is 6.80. The number of aliphatic hydroxyl groups is 1. The minimum atomic E-state index is -0.500. The molecule has 2 saturated carbocycles. The second-order valence-corrected chi connectivity index (χ2v) is 11.8. The van der Waals surface area contributed by atoms with E-state index in [1.807, 2.05) is 0 Å². The molecule has 0 heterocycles. The molecule has 0 radical (unpaired) electrons. The molecule has 1 atom stereocenters. The first-order valence-corrected chi connectivity index (χ1v) is 15.2. The number of hydrogen-bond acceptors (Lipinski definition) is 6. The van der Waals surface area contributed by atoms with Crippen molar-refractivity contribution in [2.45, 2.75) is 103 Å². The van der Waals surface area contributed by atoms with E-state index in [0.717, 1.165) is 30.6 Å². The summed E-state index contributed by atoms with van der Waals surface area (Å²) in [5, 5.41) is 9.04. The molecule has 0 bridgehead atoms. The molecular weight excluding hydrogens is 480 g/mol. The van der Waals surface area contributed by atoms with Crippen molar-refractivity contribution in [2.24, 2.45) is 29.6 Å². The van der Waals surface area contributed by atoms with Gasteiger partial charge in [0.05, 0.1) is 25.4 Å². The standard InChI is InChI=1S/C32H54O6/c1-5-6-7-8-26-11-15-29(16-12-26)30-17-13-27(14-18-30)9-10-28(22-37-31(34)24(2)19-20-33)23-38-32(35)25(3)21-36-4/h26-30,33H,2-3,5-23H2,1,4H3. The van der Waals surface area contributed by atoms with Crippen LogP contribution < -0.4 is 0 Å². The normalized spacial score (nSPS) is 24.4. The Hall–Kier alpha value is -1.66. The van der Waals surface area contributed by atoms with Gasteiger partial charge in [-0.3, -0.25) is 0 Å². The Bertz CT molecular complexity index is 681. The van der Waals surface area contributed by atoms with Gasteiger partial charge in [0.2, 0.25) is 0 Å². The van der Waals surface area contributed by atoms with Crippen LogP contribution in [0.4, 0.5) is 0 Å². The molecule has 2 aliphatic carbocycles. The second-order valence-electron chi connectivity index (χ2n) is 11.8. The maximum Gasteiger partial charge on any atom is 0.335 e. The second kappa shape index (κ2) is 18.6. The molecule has 38 heavy (non-hydrogen) atoms. The summed E-state index contributed by atoms with van der Waals surface area (Å²) < 4.78 is 15.9. The van der Waals surface area contributed by atoms with Crippen molar-refractivity contribution in [3.8, 4) is 0 Å². The molecule has 0 aromatic heterocycles. The summed E-state index contributed by atoms with van der Waals surface area (Å²) in [4.78, 5) is 24.4. The third-order valence-corrected chi connectivity index (χ3v) is 8.86. The van der Waals surface area contributed by atoms with Crippen molar-refractivity contribution >= 4 is 11.9 Å². The van der Waals surface area contributed by atoms with Crippen LogP contribution in [0, 0.1) is 29.6 Å². The number of methoxy groups -OCH3 is 1. The molecule has 0 aliphatic heterocycles. The largest absolute Gasteiger partial charge is 0.462 e. The summed E-state index contributed by atoms with van der Waals surface area (Å²) in [7, 11) is 1.51. The van der Waals surface area contributed by atoms with Gasteiger partial charge >= 0.3 is 11.9 Å². The number of carbonyl (C=O) groups is 2. The average Bonchev–Trinajstić information content (AvgIpc) is 2.93. The topological polar surface area (TPSA) is 82.1 Å². The summed E-state index contributed by atoms with van der Waals surface area (Å²) in [6.45, 7) is 10.0. The van der Waals surface area contributed by atoms with E-state index >= 15 is 0 Å². The zero-order valence-corrected chi connectivity index (χ0v) is 24.2. The Morgan fingerprint density at radius 1 is 0.816 bits per heavy atom. The van der Waals surface area contributed by atoms with E-state index in [-0.39, 0.29) is 49.9 Å². The van der Waals surface area contributed by atoms with Gasteiger partial charge in [0.1, 0.15) is 0 Å². The summed E-state index contributed by atoms with van der Waals surface area (Å²) in [5.41, 5.74) is 0.526. The molecule has 0 amide bonds. The van der Waals surface area contributed by atoms with E-state index in [0.29, 0.717) is 5.92 Å². The van der Waals surface area contributed by atoms with Crippen molar-refractivity contribution in [2.75, 3.05) is 33.5 Å². The molecule has 218 valence electrons. The Kier molecular flexibility index (Phi) is 15.9. The maximum atomic E-state index is 12.2. The summed E-state index contributed by atoms with van der Waals surface area (Å²) in [6, 6.07) is 0. The lowest BCUT2D eigenvalue weighted by molar-refractivity contribution is -0.144. The first-order chi connectivity index (χ1) is 18.4. The van der Waals surface area contributed by atoms with Crippen LogP contribution in [0.3, 0.4) is 0 Å². The predicted molar refractivity (Wildman–Crippen MR) is 152 cm³/mol. The van der Waals surface area contributed by atoms with Crippen molar-refractivity contribution in [3.05, 3.63) is 24.3 Å². The lowest BCUT2D eigenvalue weighted by Crippen LogP contribution is -2.27. The van der Waals surface area contributed by atoms with Crippen LogP contribution >= 0.6 is 0 Å². The van der Waals surface area contributed by atoms with E-state index in [1.165, 1.54) is 84.2 Å². The SMILES string of the molecule is C=C(CCO)C(=O)OCC(CCC1CCC(C2CCC(CCCCC)CC2)CC1)COC(=O)C(=C)COC. The van der Waals surface area contributed by atoms with Gasteiger partial charge in [-0.2, -0.15) is 0 Å². The number of aliphatic hydroxyl groups excluding tert-OH is 1. The molecule has 6 heteroatoms. The fraction of sp³-hybridized carbons (Fsp3) is 0.812. The summed E-state index contributed by atoms with van der Waals surface area (Å²) in [5.74, 6) is 2.41. The number of ether oxygens (including phenoxy) is 3. The fourth-order valence-corrected chi connectivity index (χ4v) is 6.33. The number of unbranched alkanes of at least 4 members (excludes halogenated alkanes) is 2. The number of esters is 2. The van der Waals surface area contributed by atoms with Crippen LogP contribution in [-0.4, -0.2) is 50.6 Å². The van der Waals surface area contributed by atoms with Crippen LogP contribution in [0.5, 0.6) is 0 Å². The maximum absolute atomic E-state index is 12.2. The number of hydrogen-bond donors (Lipinski definition) is 1. The molecular formula is C32H54O6. The minimum absolute atomic E-state index is 0.0825. The fourth-order valence-electron chi connectivity index (χ4n) is 6.33. The summed E-state index contributed by atoms with van der Waals surface area (Å²) in [6.07, 6.45) is 18.6. The van der Waals surface area contributed by atoms with Gasteiger partial charge in [0.15, 0.2) is 0 Å². The van der Waals surface area contributed by atoms with E-state index in [4.69, 9.17) is 19.3 Å². The summed E-state index contributed by atoms with van der Waals surface area (Å²) >= 11 is 0. The molecule has 6 nitrogen and oxygen atoms in total. The molecule has 2 fully saturated rings. The van der Waals surface area contributed by atoms with E-state index in [2.05, 4.69) is 20.1 Å².